The van der Waals surface area contributed by atoms with Gasteiger partial charge in [0, 0.05) is 16.0 Å². The summed E-state index contributed by atoms with van der Waals surface area (Å²) in [7, 11) is 0. The van der Waals surface area contributed by atoms with Gasteiger partial charge >= 0.3 is 0 Å². The molecule has 0 aromatic heterocycles. The van der Waals surface area contributed by atoms with E-state index in [9.17, 15) is 9.18 Å². The predicted molar refractivity (Wildman–Crippen MR) is 68.1 cm³/mol. The highest BCUT2D eigenvalue weighted by Gasteiger charge is 2.13. The maximum absolute atomic E-state index is 13.1. The van der Waals surface area contributed by atoms with Crippen molar-refractivity contribution in [1.82, 2.24) is 0 Å². The maximum atomic E-state index is 13.1. The monoisotopic (exact) mass is 246 g/mol. The molecule has 3 heteroatoms. The van der Waals surface area contributed by atoms with E-state index in [1.165, 1.54) is 30.0 Å². The van der Waals surface area contributed by atoms with Crippen molar-refractivity contribution in [3.05, 3.63) is 65.5 Å². The summed E-state index contributed by atoms with van der Waals surface area (Å²) < 4.78 is 13.1. The number of rotatable bonds is 3. The topological polar surface area (TPSA) is 17.1 Å². The molecule has 1 nitrogen and oxygen atoms in total. The molecule has 0 fully saturated rings. The summed E-state index contributed by atoms with van der Waals surface area (Å²) in [5.41, 5.74) is 1.17. The fourth-order valence-electron chi connectivity index (χ4n) is 1.60. The van der Waals surface area contributed by atoms with Crippen molar-refractivity contribution in [2.75, 3.05) is 6.26 Å². The number of hydrogen-bond donors (Lipinski definition) is 0. The zero-order valence-corrected chi connectivity index (χ0v) is 10.1. The SMILES string of the molecule is CSc1cc(F)ccc1C(=O)c1ccccc1. The van der Waals surface area contributed by atoms with Crippen LogP contribution in [0.25, 0.3) is 0 Å². The fourth-order valence-corrected chi connectivity index (χ4v) is 2.21. The minimum absolute atomic E-state index is 0.0741. The Balaban J connectivity index is 2.44. The van der Waals surface area contributed by atoms with Crippen molar-refractivity contribution in [2.24, 2.45) is 0 Å². The van der Waals surface area contributed by atoms with Crippen LogP contribution in [0.4, 0.5) is 4.39 Å². The Morgan fingerprint density at radius 1 is 1.12 bits per heavy atom. The van der Waals surface area contributed by atoms with Crippen LogP contribution in [0.5, 0.6) is 0 Å². The molecule has 2 aromatic rings. The summed E-state index contributed by atoms with van der Waals surface area (Å²) >= 11 is 1.37. The predicted octanol–water partition coefficient (Wildman–Crippen LogP) is 3.78. The normalized spacial score (nSPS) is 10.2. The van der Waals surface area contributed by atoms with Crippen LogP contribution in [0.15, 0.2) is 53.4 Å². The summed E-state index contributed by atoms with van der Waals surface area (Å²) in [5.74, 6) is -0.395. The van der Waals surface area contributed by atoms with Crippen LogP contribution >= 0.6 is 11.8 Å². The van der Waals surface area contributed by atoms with Gasteiger partial charge in [0.25, 0.3) is 0 Å². The van der Waals surface area contributed by atoms with Crippen LogP contribution in [-0.4, -0.2) is 12.0 Å². The molecule has 0 bridgehead atoms. The lowest BCUT2D eigenvalue weighted by atomic mass is 10.0. The van der Waals surface area contributed by atoms with Crippen LogP contribution in [0.2, 0.25) is 0 Å². The Bertz CT molecular complexity index is 537. The van der Waals surface area contributed by atoms with Crippen molar-refractivity contribution in [2.45, 2.75) is 4.90 Å². The molecular formula is C14H11FOS. The Morgan fingerprint density at radius 3 is 2.47 bits per heavy atom. The number of ketones is 1. The summed E-state index contributed by atoms with van der Waals surface area (Å²) in [4.78, 5) is 12.9. The number of hydrogen-bond acceptors (Lipinski definition) is 2. The van der Waals surface area contributed by atoms with E-state index in [0.717, 1.165) is 0 Å². The van der Waals surface area contributed by atoms with Gasteiger partial charge in [0.15, 0.2) is 5.78 Å². The van der Waals surface area contributed by atoms with Crippen molar-refractivity contribution >= 4 is 17.5 Å². The average molecular weight is 246 g/mol. The first-order valence-electron chi connectivity index (χ1n) is 5.15. The minimum atomic E-state index is -0.320. The third kappa shape index (κ3) is 2.56. The highest BCUT2D eigenvalue weighted by molar-refractivity contribution is 7.98. The van der Waals surface area contributed by atoms with E-state index in [1.807, 2.05) is 24.5 Å². The first-order valence-corrected chi connectivity index (χ1v) is 6.38. The second kappa shape index (κ2) is 5.15. The van der Waals surface area contributed by atoms with Gasteiger partial charge in [-0.05, 0) is 24.5 Å². The van der Waals surface area contributed by atoms with Crippen molar-refractivity contribution in [3.63, 3.8) is 0 Å². The molecule has 0 saturated carbocycles. The first-order chi connectivity index (χ1) is 8.22. The Labute approximate surface area is 104 Å². The molecule has 0 radical (unpaired) electrons. The first kappa shape index (κ1) is 11.9. The van der Waals surface area contributed by atoms with Gasteiger partial charge < -0.3 is 0 Å². The second-order valence-electron chi connectivity index (χ2n) is 3.54. The Hall–Kier alpha value is -1.61. The molecule has 0 N–H and O–H groups in total. The molecule has 0 aliphatic heterocycles. The molecule has 17 heavy (non-hydrogen) atoms. The van der Waals surface area contributed by atoms with Gasteiger partial charge in [-0.3, -0.25) is 4.79 Å². The van der Waals surface area contributed by atoms with Crippen LogP contribution in [0, 0.1) is 5.82 Å². The highest BCUT2D eigenvalue weighted by atomic mass is 32.2. The second-order valence-corrected chi connectivity index (χ2v) is 4.39. The third-order valence-corrected chi connectivity index (χ3v) is 3.22. The lowest BCUT2D eigenvalue weighted by Crippen LogP contribution is -2.03. The Kier molecular flexibility index (Phi) is 3.59. The molecule has 0 saturated heterocycles. The number of benzene rings is 2. The van der Waals surface area contributed by atoms with Crippen LogP contribution in [0.3, 0.4) is 0 Å². The maximum Gasteiger partial charge on any atom is 0.194 e. The number of halogens is 1. The largest absolute Gasteiger partial charge is 0.289 e. The van der Waals surface area contributed by atoms with Gasteiger partial charge in [-0.25, -0.2) is 4.39 Å². The lowest BCUT2D eigenvalue weighted by Gasteiger charge is -2.06. The molecule has 2 aromatic carbocycles. The molecule has 0 heterocycles. The molecule has 2 rings (SSSR count). The number of thioether (sulfide) groups is 1. The van der Waals surface area contributed by atoms with E-state index in [2.05, 4.69) is 0 Å². The molecular weight excluding hydrogens is 235 g/mol. The van der Waals surface area contributed by atoms with Gasteiger partial charge in [0.2, 0.25) is 0 Å². The van der Waals surface area contributed by atoms with E-state index in [4.69, 9.17) is 0 Å². The summed E-state index contributed by atoms with van der Waals surface area (Å²) in [6.07, 6.45) is 1.83. The van der Waals surface area contributed by atoms with Crippen molar-refractivity contribution < 1.29 is 9.18 Å². The highest BCUT2D eigenvalue weighted by Crippen LogP contribution is 2.23. The van der Waals surface area contributed by atoms with Gasteiger partial charge in [-0.1, -0.05) is 30.3 Å². The minimum Gasteiger partial charge on any atom is -0.289 e. The number of carbonyl (C=O) groups is 1. The van der Waals surface area contributed by atoms with Crippen LogP contribution < -0.4 is 0 Å². The van der Waals surface area contributed by atoms with Gasteiger partial charge in [0.05, 0.1) is 0 Å². The average Bonchev–Trinajstić information content (AvgIpc) is 2.39. The molecule has 0 amide bonds. The summed E-state index contributed by atoms with van der Waals surface area (Å²) in [5, 5.41) is 0. The zero-order valence-electron chi connectivity index (χ0n) is 9.31. The third-order valence-electron chi connectivity index (χ3n) is 2.44. The number of carbonyl (C=O) groups excluding carboxylic acids is 1. The van der Waals surface area contributed by atoms with E-state index in [0.29, 0.717) is 16.0 Å². The lowest BCUT2D eigenvalue weighted by molar-refractivity contribution is 0.103. The van der Waals surface area contributed by atoms with Gasteiger partial charge in [-0.15, -0.1) is 11.8 Å². The summed E-state index contributed by atoms with van der Waals surface area (Å²) in [6, 6.07) is 13.3. The zero-order chi connectivity index (χ0) is 12.3. The van der Waals surface area contributed by atoms with Gasteiger partial charge in [0.1, 0.15) is 5.82 Å². The molecule has 0 aliphatic rings. The fraction of sp³-hybridized carbons (Fsp3) is 0.0714. The smallest absolute Gasteiger partial charge is 0.194 e. The molecule has 0 atom stereocenters. The van der Waals surface area contributed by atoms with E-state index in [-0.39, 0.29) is 11.6 Å². The standard InChI is InChI=1S/C14H11FOS/c1-17-13-9-11(15)7-8-12(13)14(16)10-5-3-2-4-6-10/h2-9H,1H3. The molecule has 0 aliphatic carbocycles. The van der Waals surface area contributed by atoms with E-state index >= 15 is 0 Å². The Morgan fingerprint density at radius 2 is 1.82 bits per heavy atom. The molecule has 86 valence electrons. The van der Waals surface area contributed by atoms with Crippen molar-refractivity contribution in [3.8, 4) is 0 Å². The van der Waals surface area contributed by atoms with Crippen LogP contribution in [0.1, 0.15) is 15.9 Å². The van der Waals surface area contributed by atoms with Crippen LogP contribution in [-0.2, 0) is 0 Å². The van der Waals surface area contributed by atoms with Crippen molar-refractivity contribution in [1.29, 1.82) is 0 Å². The van der Waals surface area contributed by atoms with Gasteiger partial charge in [-0.2, -0.15) is 0 Å². The van der Waals surface area contributed by atoms with E-state index in [1.54, 1.807) is 12.1 Å². The molecule has 0 unspecified atom stereocenters. The van der Waals surface area contributed by atoms with E-state index < -0.39 is 0 Å². The molecule has 0 spiro atoms. The summed E-state index contributed by atoms with van der Waals surface area (Å²) in [6.45, 7) is 0. The quantitative estimate of drug-likeness (QED) is 0.605.